The highest BCUT2D eigenvalue weighted by Crippen LogP contribution is 2.21. The van der Waals surface area contributed by atoms with Crippen molar-refractivity contribution in [2.75, 3.05) is 32.8 Å². The number of halogens is 1. The Labute approximate surface area is 152 Å². The van der Waals surface area contributed by atoms with E-state index in [2.05, 4.69) is 11.0 Å². The third kappa shape index (κ3) is 4.38. The first-order valence-electron chi connectivity index (χ1n) is 8.52. The molecule has 0 saturated carbocycles. The number of benzene rings is 2. The van der Waals surface area contributed by atoms with E-state index in [4.69, 9.17) is 4.74 Å². The number of amides is 1. The molecule has 0 aliphatic carbocycles. The number of rotatable bonds is 5. The van der Waals surface area contributed by atoms with Gasteiger partial charge in [-0.15, -0.1) is 0 Å². The fourth-order valence-electron chi connectivity index (χ4n) is 3.00. The van der Waals surface area contributed by atoms with E-state index >= 15 is 0 Å². The second-order valence-corrected chi connectivity index (χ2v) is 6.10. The fraction of sp³-hybridized carbons (Fsp3) is 0.300. The summed E-state index contributed by atoms with van der Waals surface area (Å²) >= 11 is 0. The molecule has 0 bridgehead atoms. The smallest absolute Gasteiger partial charge is 0.260 e. The number of nitriles is 1. The van der Waals surface area contributed by atoms with E-state index in [1.54, 1.807) is 4.90 Å². The van der Waals surface area contributed by atoms with Crippen molar-refractivity contribution >= 4 is 5.91 Å². The quantitative estimate of drug-likeness (QED) is 0.829. The number of carbonyl (C=O) groups is 1. The second kappa shape index (κ2) is 8.45. The van der Waals surface area contributed by atoms with E-state index < -0.39 is 0 Å². The van der Waals surface area contributed by atoms with Gasteiger partial charge in [-0.05, 0) is 29.8 Å². The molecule has 1 fully saturated rings. The minimum atomic E-state index is -0.342. The Morgan fingerprint density at radius 2 is 1.73 bits per heavy atom. The molecule has 26 heavy (non-hydrogen) atoms. The Balaban J connectivity index is 1.50. The number of carbonyl (C=O) groups excluding carboxylic acids is 1. The molecule has 0 aromatic heterocycles. The van der Waals surface area contributed by atoms with Crippen LogP contribution in [0.1, 0.15) is 11.6 Å². The van der Waals surface area contributed by atoms with E-state index in [1.807, 2.05) is 30.3 Å². The molecule has 2 aromatic rings. The standard InChI is InChI=1S/C20H20FN3O2/c21-17-6-8-18(9-7-17)26-15-20(25)24-12-10-23(11-13-24)19(14-22)16-4-2-1-3-5-16/h1-9,19H,10-13,15H2/t19-/m1/s1. The van der Waals surface area contributed by atoms with Crippen molar-refractivity contribution in [3.63, 3.8) is 0 Å². The third-order valence-electron chi connectivity index (χ3n) is 4.45. The zero-order valence-corrected chi connectivity index (χ0v) is 14.3. The summed E-state index contributed by atoms with van der Waals surface area (Å²) in [7, 11) is 0. The zero-order chi connectivity index (χ0) is 18.4. The van der Waals surface area contributed by atoms with Gasteiger partial charge >= 0.3 is 0 Å². The van der Waals surface area contributed by atoms with Gasteiger partial charge in [0.2, 0.25) is 0 Å². The maximum Gasteiger partial charge on any atom is 0.260 e. The first-order valence-corrected chi connectivity index (χ1v) is 8.52. The third-order valence-corrected chi connectivity index (χ3v) is 4.45. The van der Waals surface area contributed by atoms with Gasteiger partial charge in [-0.2, -0.15) is 5.26 Å². The van der Waals surface area contributed by atoms with Crippen LogP contribution in [0.3, 0.4) is 0 Å². The van der Waals surface area contributed by atoms with Gasteiger partial charge in [-0.3, -0.25) is 9.69 Å². The Bertz CT molecular complexity index is 766. The predicted molar refractivity (Wildman–Crippen MR) is 94.8 cm³/mol. The maximum absolute atomic E-state index is 12.9. The Morgan fingerprint density at radius 3 is 2.35 bits per heavy atom. The van der Waals surface area contributed by atoms with Crippen molar-refractivity contribution in [1.29, 1.82) is 5.26 Å². The number of hydrogen-bond donors (Lipinski definition) is 0. The van der Waals surface area contributed by atoms with Crippen LogP contribution in [0.2, 0.25) is 0 Å². The molecule has 0 N–H and O–H groups in total. The van der Waals surface area contributed by atoms with E-state index in [9.17, 15) is 14.4 Å². The summed E-state index contributed by atoms with van der Waals surface area (Å²) in [5, 5.41) is 9.52. The molecule has 1 atom stereocenters. The van der Waals surface area contributed by atoms with Gasteiger partial charge in [0.25, 0.3) is 5.91 Å². The number of piperazine rings is 1. The number of hydrogen-bond acceptors (Lipinski definition) is 4. The molecule has 1 amide bonds. The average molecular weight is 353 g/mol. The van der Waals surface area contributed by atoms with E-state index in [0.717, 1.165) is 5.56 Å². The monoisotopic (exact) mass is 353 g/mol. The van der Waals surface area contributed by atoms with Crippen molar-refractivity contribution < 1.29 is 13.9 Å². The highest BCUT2D eigenvalue weighted by Gasteiger charge is 2.27. The summed E-state index contributed by atoms with van der Waals surface area (Å²) < 4.78 is 18.3. The van der Waals surface area contributed by atoms with E-state index in [-0.39, 0.29) is 24.4 Å². The summed E-state index contributed by atoms with van der Waals surface area (Å²) in [5.74, 6) is 0.0134. The molecule has 1 aliphatic heterocycles. The van der Waals surface area contributed by atoms with Crippen LogP contribution in [0.4, 0.5) is 4.39 Å². The van der Waals surface area contributed by atoms with Crippen molar-refractivity contribution in [3.8, 4) is 11.8 Å². The van der Waals surface area contributed by atoms with Gasteiger partial charge in [0.1, 0.15) is 17.6 Å². The lowest BCUT2D eigenvalue weighted by Crippen LogP contribution is -2.50. The molecule has 134 valence electrons. The first-order chi connectivity index (χ1) is 12.7. The minimum Gasteiger partial charge on any atom is -0.484 e. The molecule has 2 aromatic carbocycles. The lowest BCUT2D eigenvalue weighted by atomic mass is 10.1. The molecule has 1 aliphatic rings. The van der Waals surface area contributed by atoms with Crippen molar-refractivity contribution in [3.05, 3.63) is 66.0 Å². The van der Waals surface area contributed by atoms with Crippen LogP contribution in [0, 0.1) is 17.1 Å². The minimum absolute atomic E-state index is 0.0774. The van der Waals surface area contributed by atoms with Gasteiger partial charge in [0.05, 0.1) is 6.07 Å². The summed E-state index contributed by atoms with van der Waals surface area (Å²) in [6.07, 6.45) is 0. The second-order valence-electron chi connectivity index (χ2n) is 6.10. The maximum atomic E-state index is 12.9. The highest BCUT2D eigenvalue weighted by molar-refractivity contribution is 5.77. The van der Waals surface area contributed by atoms with Crippen LogP contribution in [-0.2, 0) is 4.79 Å². The lowest BCUT2D eigenvalue weighted by Gasteiger charge is -2.37. The zero-order valence-electron chi connectivity index (χ0n) is 14.3. The molecular formula is C20H20FN3O2. The number of ether oxygens (including phenoxy) is 1. The first kappa shape index (κ1) is 17.9. The van der Waals surface area contributed by atoms with Gasteiger partial charge in [-0.1, -0.05) is 30.3 Å². The average Bonchev–Trinajstić information content (AvgIpc) is 2.69. The largest absolute Gasteiger partial charge is 0.484 e. The fourth-order valence-corrected chi connectivity index (χ4v) is 3.00. The Kier molecular flexibility index (Phi) is 5.82. The normalized spacial score (nSPS) is 15.9. The summed E-state index contributed by atoms with van der Waals surface area (Å²) in [5.41, 5.74) is 0.967. The summed E-state index contributed by atoms with van der Waals surface area (Å²) in [6, 6.07) is 17.3. The molecule has 0 unspecified atom stereocenters. The summed E-state index contributed by atoms with van der Waals surface area (Å²) in [4.78, 5) is 16.1. The molecule has 0 spiro atoms. The molecular weight excluding hydrogens is 333 g/mol. The molecule has 1 heterocycles. The lowest BCUT2D eigenvalue weighted by molar-refractivity contribution is -0.135. The van der Waals surface area contributed by atoms with Crippen molar-refractivity contribution in [2.24, 2.45) is 0 Å². The Hall–Kier alpha value is -2.91. The van der Waals surface area contributed by atoms with Gasteiger partial charge in [-0.25, -0.2) is 4.39 Å². The van der Waals surface area contributed by atoms with Crippen LogP contribution < -0.4 is 4.74 Å². The molecule has 3 rings (SSSR count). The van der Waals surface area contributed by atoms with Gasteiger partial charge < -0.3 is 9.64 Å². The van der Waals surface area contributed by atoms with Crippen LogP contribution in [0.15, 0.2) is 54.6 Å². The SMILES string of the molecule is N#C[C@H](c1ccccc1)N1CCN(C(=O)COc2ccc(F)cc2)CC1. The number of nitrogens with zero attached hydrogens (tertiary/aromatic N) is 3. The van der Waals surface area contributed by atoms with Crippen LogP contribution >= 0.6 is 0 Å². The van der Waals surface area contributed by atoms with Gasteiger partial charge in [0.15, 0.2) is 6.61 Å². The van der Waals surface area contributed by atoms with Crippen LogP contribution in [0.25, 0.3) is 0 Å². The summed E-state index contributed by atoms with van der Waals surface area (Å²) in [6.45, 7) is 2.30. The van der Waals surface area contributed by atoms with Crippen LogP contribution in [-0.4, -0.2) is 48.5 Å². The molecule has 0 radical (unpaired) electrons. The Morgan fingerprint density at radius 1 is 1.08 bits per heavy atom. The topological polar surface area (TPSA) is 56.6 Å². The van der Waals surface area contributed by atoms with Crippen molar-refractivity contribution in [1.82, 2.24) is 9.80 Å². The van der Waals surface area contributed by atoms with Crippen LogP contribution in [0.5, 0.6) is 5.75 Å². The van der Waals surface area contributed by atoms with Crippen molar-refractivity contribution in [2.45, 2.75) is 6.04 Å². The highest BCUT2D eigenvalue weighted by atomic mass is 19.1. The van der Waals surface area contributed by atoms with E-state index in [0.29, 0.717) is 31.9 Å². The molecule has 1 saturated heterocycles. The van der Waals surface area contributed by atoms with E-state index in [1.165, 1.54) is 24.3 Å². The molecule has 6 heteroatoms. The van der Waals surface area contributed by atoms with Gasteiger partial charge in [0, 0.05) is 26.2 Å². The molecule has 5 nitrogen and oxygen atoms in total. The predicted octanol–water partition coefficient (Wildman–Crippen LogP) is 2.61.